The summed E-state index contributed by atoms with van der Waals surface area (Å²) < 4.78 is 6.25. The molecule has 2 fully saturated rings. The van der Waals surface area contributed by atoms with Crippen molar-refractivity contribution in [2.75, 3.05) is 13.2 Å². The summed E-state index contributed by atoms with van der Waals surface area (Å²) in [6.07, 6.45) is 5.59. The molecular weight excluding hydrogens is 372 g/mol. The third-order valence-corrected chi connectivity index (χ3v) is 6.98. The highest BCUT2D eigenvalue weighted by Crippen LogP contribution is 2.45. The van der Waals surface area contributed by atoms with E-state index in [4.69, 9.17) is 4.74 Å². The van der Waals surface area contributed by atoms with Gasteiger partial charge in [0.1, 0.15) is 5.72 Å². The van der Waals surface area contributed by atoms with Gasteiger partial charge in [0, 0.05) is 19.0 Å². The second-order valence-electron chi connectivity index (χ2n) is 9.24. The van der Waals surface area contributed by atoms with Gasteiger partial charge in [-0.3, -0.25) is 9.69 Å². The molecule has 0 bridgehead atoms. The maximum Gasteiger partial charge on any atom is 0.240 e. The second kappa shape index (κ2) is 7.68. The minimum atomic E-state index is -0.489. The number of nitrogens with zero attached hydrogens (tertiary/aromatic N) is 2. The molecule has 0 radical (unpaired) electrons. The molecule has 1 amide bonds. The number of piperidine rings is 1. The Morgan fingerprint density at radius 2 is 1.73 bits per heavy atom. The van der Waals surface area contributed by atoms with E-state index in [0.29, 0.717) is 19.1 Å². The Bertz CT molecular complexity index is 925. The Labute approximate surface area is 179 Å². The highest BCUT2D eigenvalue weighted by molar-refractivity contribution is 5.84. The lowest BCUT2D eigenvalue weighted by Crippen LogP contribution is -2.62. The normalized spacial score (nSPS) is 30.6. The molecule has 0 N–H and O–H groups in total. The van der Waals surface area contributed by atoms with Crippen molar-refractivity contribution in [1.29, 1.82) is 0 Å². The van der Waals surface area contributed by atoms with Crippen molar-refractivity contribution in [3.05, 3.63) is 83.9 Å². The molecule has 2 aromatic carbocycles. The van der Waals surface area contributed by atoms with Crippen LogP contribution in [0.15, 0.2) is 72.8 Å². The lowest BCUT2D eigenvalue weighted by molar-refractivity contribution is -0.157. The SMILES string of the molecule is CC1(C)OC[C@H](c2ccccc2)N1[C@@H]1C(=O)N(Cc2ccccc2)C[C@H]2CC=C[C@H]21. The predicted octanol–water partition coefficient (Wildman–Crippen LogP) is 4.40. The van der Waals surface area contributed by atoms with E-state index in [2.05, 4.69) is 72.2 Å². The van der Waals surface area contributed by atoms with Gasteiger partial charge in [0.15, 0.2) is 0 Å². The Hall–Kier alpha value is -2.43. The molecule has 2 aliphatic heterocycles. The number of hydrogen-bond acceptors (Lipinski definition) is 3. The molecule has 0 unspecified atom stereocenters. The van der Waals surface area contributed by atoms with Gasteiger partial charge in [0.25, 0.3) is 0 Å². The zero-order chi connectivity index (χ0) is 20.7. The predicted molar refractivity (Wildman–Crippen MR) is 117 cm³/mol. The Balaban J connectivity index is 1.50. The monoisotopic (exact) mass is 402 g/mol. The Morgan fingerprint density at radius 3 is 2.47 bits per heavy atom. The molecule has 4 nitrogen and oxygen atoms in total. The Kier molecular flexibility index (Phi) is 5.00. The maximum absolute atomic E-state index is 13.9. The number of rotatable bonds is 4. The molecule has 0 spiro atoms. The summed E-state index contributed by atoms with van der Waals surface area (Å²) in [6.45, 7) is 6.32. The van der Waals surface area contributed by atoms with Crippen molar-refractivity contribution >= 4 is 5.91 Å². The molecular formula is C26H30N2O2. The van der Waals surface area contributed by atoms with Gasteiger partial charge in [-0.15, -0.1) is 0 Å². The summed E-state index contributed by atoms with van der Waals surface area (Å²) in [4.78, 5) is 18.3. The largest absolute Gasteiger partial charge is 0.359 e. The van der Waals surface area contributed by atoms with E-state index in [-0.39, 0.29) is 23.9 Å². The fraction of sp³-hybridized carbons (Fsp3) is 0.423. The van der Waals surface area contributed by atoms with Gasteiger partial charge in [-0.25, -0.2) is 0 Å². The molecule has 4 atom stereocenters. The summed E-state index contributed by atoms with van der Waals surface area (Å²) in [5.41, 5.74) is 1.91. The van der Waals surface area contributed by atoms with Crippen LogP contribution >= 0.6 is 0 Å². The smallest absolute Gasteiger partial charge is 0.240 e. The van der Waals surface area contributed by atoms with Gasteiger partial charge in [-0.05, 0) is 37.3 Å². The van der Waals surface area contributed by atoms with Crippen LogP contribution in [-0.2, 0) is 16.1 Å². The number of amides is 1. The van der Waals surface area contributed by atoms with E-state index >= 15 is 0 Å². The van der Waals surface area contributed by atoms with Crippen molar-refractivity contribution in [2.45, 2.75) is 44.6 Å². The van der Waals surface area contributed by atoms with Gasteiger partial charge in [-0.1, -0.05) is 72.8 Å². The number of carbonyl (C=O) groups is 1. The first kappa shape index (κ1) is 19.5. The molecule has 3 aliphatic rings. The minimum Gasteiger partial charge on any atom is -0.359 e. The van der Waals surface area contributed by atoms with Crippen LogP contribution in [0.2, 0.25) is 0 Å². The van der Waals surface area contributed by atoms with Crippen molar-refractivity contribution in [2.24, 2.45) is 11.8 Å². The van der Waals surface area contributed by atoms with Crippen molar-refractivity contribution in [1.82, 2.24) is 9.80 Å². The van der Waals surface area contributed by atoms with E-state index in [0.717, 1.165) is 13.0 Å². The summed E-state index contributed by atoms with van der Waals surface area (Å²) in [5, 5.41) is 0. The van der Waals surface area contributed by atoms with Crippen LogP contribution in [0.5, 0.6) is 0 Å². The lowest BCUT2D eigenvalue weighted by atomic mass is 9.81. The van der Waals surface area contributed by atoms with E-state index in [9.17, 15) is 4.79 Å². The van der Waals surface area contributed by atoms with E-state index in [1.165, 1.54) is 11.1 Å². The summed E-state index contributed by atoms with van der Waals surface area (Å²) in [6, 6.07) is 20.7. The average molecular weight is 403 g/mol. The molecule has 1 aliphatic carbocycles. The number of hydrogen-bond donors (Lipinski definition) is 0. The van der Waals surface area contributed by atoms with Gasteiger partial charge in [-0.2, -0.15) is 0 Å². The van der Waals surface area contributed by atoms with Crippen LogP contribution in [0, 0.1) is 11.8 Å². The highest BCUT2D eigenvalue weighted by atomic mass is 16.5. The van der Waals surface area contributed by atoms with Crippen molar-refractivity contribution in [3.63, 3.8) is 0 Å². The van der Waals surface area contributed by atoms with Crippen molar-refractivity contribution < 1.29 is 9.53 Å². The molecule has 0 saturated carbocycles. The Morgan fingerprint density at radius 1 is 1.03 bits per heavy atom. The molecule has 156 valence electrons. The van der Waals surface area contributed by atoms with E-state index < -0.39 is 5.72 Å². The van der Waals surface area contributed by atoms with Gasteiger partial charge >= 0.3 is 0 Å². The van der Waals surface area contributed by atoms with Crippen LogP contribution in [0.1, 0.15) is 37.4 Å². The molecule has 4 heteroatoms. The minimum absolute atomic E-state index is 0.0847. The molecule has 2 saturated heterocycles. The van der Waals surface area contributed by atoms with E-state index in [1.54, 1.807) is 0 Å². The molecule has 30 heavy (non-hydrogen) atoms. The van der Waals surface area contributed by atoms with Crippen LogP contribution in [0.25, 0.3) is 0 Å². The fourth-order valence-corrected chi connectivity index (χ4v) is 5.53. The van der Waals surface area contributed by atoms with Crippen LogP contribution < -0.4 is 0 Å². The number of carbonyl (C=O) groups excluding carboxylic acids is 1. The zero-order valence-corrected chi connectivity index (χ0v) is 17.8. The number of allylic oxidation sites excluding steroid dienone is 1. The third kappa shape index (κ3) is 3.38. The third-order valence-electron chi connectivity index (χ3n) is 6.98. The lowest BCUT2D eigenvalue weighted by Gasteiger charge is -2.48. The number of fused-ring (bicyclic) bond motifs is 1. The second-order valence-corrected chi connectivity index (χ2v) is 9.24. The first-order valence-electron chi connectivity index (χ1n) is 11.0. The summed E-state index contributed by atoms with van der Waals surface area (Å²) in [7, 11) is 0. The molecule has 2 heterocycles. The van der Waals surface area contributed by atoms with Gasteiger partial charge in [0.05, 0.1) is 18.7 Å². The van der Waals surface area contributed by atoms with Crippen LogP contribution in [0.3, 0.4) is 0 Å². The standard InChI is InChI=1S/C26H30N2O2/c1-26(2)28(23(18-30-26)20-12-7-4-8-13-20)24-22-15-9-14-21(22)17-27(25(24)29)16-19-10-5-3-6-11-19/h3-13,15,21-24H,14,16-18H2,1-2H3/t21-,22-,23-,24+/m1/s1. The van der Waals surface area contributed by atoms with Crippen LogP contribution in [0.4, 0.5) is 0 Å². The quantitative estimate of drug-likeness (QED) is 0.711. The maximum atomic E-state index is 13.9. The topological polar surface area (TPSA) is 32.8 Å². The van der Waals surface area contributed by atoms with Gasteiger partial charge in [0.2, 0.25) is 5.91 Å². The highest BCUT2D eigenvalue weighted by Gasteiger charge is 2.54. The fourth-order valence-electron chi connectivity index (χ4n) is 5.53. The summed E-state index contributed by atoms with van der Waals surface area (Å²) >= 11 is 0. The van der Waals surface area contributed by atoms with Crippen LogP contribution in [-0.4, -0.2) is 40.6 Å². The first-order chi connectivity index (χ1) is 14.5. The van der Waals surface area contributed by atoms with Gasteiger partial charge < -0.3 is 9.64 Å². The number of ether oxygens (including phenoxy) is 1. The molecule has 2 aromatic rings. The number of benzene rings is 2. The zero-order valence-electron chi connectivity index (χ0n) is 17.8. The summed E-state index contributed by atoms with van der Waals surface area (Å²) in [5.74, 6) is 0.951. The molecule has 5 rings (SSSR count). The average Bonchev–Trinajstić information content (AvgIpc) is 3.34. The number of likely N-dealkylation sites (tertiary alicyclic amines) is 1. The molecule has 0 aromatic heterocycles. The van der Waals surface area contributed by atoms with E-state index in [1.807, 2.05) is 24.3 Å². The first-order valence-corrected chi connectivity index (χ1v) is 11.0. The van der Waals surface area contributed by atoms with Crippen molar-refractivity contribution in [3.8, 4) is 0 Å².